The molecule has 0 aliphatic rings. The van der Waals surface area contributed by atoms with E-state index in [1.54, 1.807) is 5.41 Å². The van der Waals surface area contributed by atoms with Crippen molar-refractivity contribution >= 4 is 22.8 Å². The Kier molecular flexibility index (Phi) is 12.1. The predicted molar refractivity (Wildman–Crippen MR) is 78.4 cm³/mol. The van der Waals surface area contributed by atoms with E-state index in [9.17, 15) is 9.59 Å². The Hall–Kier alpha value is -0.770. The van der Waals surface area contributed by atoms with Crippen molar-refractivity contribution in [3.63, 3.8) is 0 Å². The fourth-order valence-corrected chi connectivity index (χ4v) is 1.94. The topological polar surface area (TPSA) is 46.2 Å². The van der Waals surface area contributed by atoms with Gasteiger partial charge in [0, 0.05) is 19.0 Å². The highest BCUT2D eigenvalue weighted by molar-refractivity contribution is 8.16. The minimum absolute atomic E-state index is 0.0787. The fourth-order valence-electron chi connectivity index (χ4n) is 1.43. The van der Waals surface area contributed by atoms with Crippen molar-refractivity contribution in [3.8, 4) is 0 Å². The maximum absolute atomic E-state index is 11.3. The predicted octanol–water partition coefficient (Wildman–Crippen LogP) is 3.65. The van der Waals surface area contributed by atoms with Gasteiger partial charge in [-0.1, -0.05) is 57.7 Å². The second-order valence-corrected chi connectivity index (χ2v) is 5.17. The molecule has 0 aromatic rings. The summed E-state index contributed by atoms with van der Waals surface area (Å²) in [7, 11) is 0. The van der Waals surface area contributed by atoms with Crippen LogP contribution in [0.5, 0.6) is 0 Å². The lowest BCUT2D eigenvalue weighted by Crippen LogP contribution is -2.21. The molecule has 3 nitrogen and oxygen atoms in total. The smallest absolute Gasteiger partial charge is 0.244 e. The van der Waals surface area contributed by atoms with E-state index in [1.165, 1.54) is 38.2 Å². The van der Waals surface area contributed by atoms with Crippen LogP contribution in [0.1, 0.15) is 58.8 Å². The second-order valence-electron chi connectivity index (χ2n) is 4.20. The van der Waals surface area contributed by atoms with Crippen molar-refractivity contribution in [2.75, 3.05) is 6.54 Å². The molecule has 0 saturated carbocycles. The van der Waals surface area contributed by atoms with Gasteiger partial charge in [-0.2, -0.15) is 0 Å². The molecule has 0 spiro atoms. The number of unbranched alkanes of at least 4 members (excludes halogenated alkanes) is 5. The standard InChI is InChI=1S/C14H25NO2S/c1-3-5-6-7-8-9-11-15-13(16)10-12-18-14(17)4-2/h10,12H,3-9,11H2,1-2H3,(H,15,16)/b12-10-. The summed E-state index contributed by atoms with van der Waals surface area (Å²) in [6.45, 7) is 4.73. The largest absolute Gasteiger partial charge is 0.353 e. The molecule has 18 heavy (non-hydrogen) atoms. The highest BCUT2D eigenvalue weighted by atomic mass is 32.2. The lowest BCUT2D eigenvalue weighted by Gasteiger charge is -2.02. The second kappa shape index (κ2) is 12.7. The Balaban J connectivity index is 3.39. The molecule has 104 valence electrons. The van der Waals surface area contributed by atoms with Gasteiger partial charge in [0.15, 0.2) is 5.12 Å². The Bertz CT molecular complexity index is 265. The van der Waals surface area contributed by atoms with Gasteiger partial charge in [-0.05, 0) is 11.8 Å². The first-order chi connectivity index (χ1) is 8.70. The molecule has 0 heterocycles. The average Bonchev–Trinajstić information content (AvgIpc) is 2.37. The minimum atomic E-state index is -0.111. The number of hydrogen-bond donors (Lipinski definition) is 1. The van der Waals surface area contributed by atoms with Crippen LogP contribution in [-0.2, 0) is 9.59 Å². The first kappa shape index (κ1) is 17.2. The molecule has 0 bridgehead atoms. The highest BCUT2D eigenvalue weighted by Crippen LogP contribution is 2.06. The van der Waals surface area contributed by atoms with Crippen LogP contribution in [0.3, 0.4) is 0 Å². The molecule has 0 radical (unpaired) electrons. The maximum Gasteiger partial charge on any atom is 0.244 e. The van der Waals surface area contributed by atoms with Gasteiger partial charge < -0.3 is 5.32 Å². The third-order valence-electron chi connectivity index (χ3n) is 2.54. The zero-order valence-corrected chi connectivity index (χ0v) is 12.4. The number of amides is 1. The van der Waals surface area contributed by atoms with E-state index in [-0.39, 0.29) is 11.0 Å². The van der Waals surface area contributed by atoms with E-state index >= 15 is 0 Å². The van der Waals surface area contributed by atoms with Crippen LogP contribution < -0.4 is 5.32 Å². The normalized spacial score (nSPS) is 10.8. The molecule has 0 aliphatic carbocycles. The summed E-state index contributed by atoms with van der Waals surface area (Å²) in [4.78, 5) is 22.3. The van der Waals surface area contributed by atoms with Gasteiger partial charge in [0.2, 0.25) is 5.91 Å². The fraction of sp³-hybridized carbons (Fsp3) is 0.714. The van der Waals surface area contributed by atoms with Crippen LogP contribution >= 0.6 is 11.8 Å². The molecular formula is C14H25NO2S. The minimum Gasteiger partial charge on any atom is -0.353 e. The average molecular weight is 271 g/mol. The summed E-state index contributed by atoms with van der Waals surface area (Å²) < 4.78 is 0. The molecule has 0 atom stereocenters. The number of carbonyl (C=O) groups is 2. The maximum atomic E-state index is 11.3. The summed E-state index contributed by atoms with van der Waals surface area (Å²) >= 11 is 1.08. The van der Waals surface area contributed by atoms with Gasteiger partial charge in [0.1, 0.15) is 0 Å². The van der Waals surface area contributed by atoms with E-state index in [4.69, 9.17) is 0 Å². The lowest BCUT2D eigenvalue weighted by atomic mass is 10.1. The Morgan fingerprint density at radius 2 is 1.72 bits per heavy atom. The number of thioether (sulfide) groups is 1. The van der Waals surface area contributed by atoms with Crippen molar-refractivity contribution in [1.29, 1.82) is 0 Å². The van der Waals surface area contributed by atoms with E-state index in [0.29, 0.717) is 6.42 Å². The first-order valence-corrected chi connectivity index (χ1v) is 7.72. The molecule has 0 rings (SSSR count). The van der Waals surface area contributed by atoms with Crippen molar-refractivity contribution in [2.24, 2.45) is 0 Å². The number of nitrogens with one attached hydrogen (secondary N) is 1. The van der Waals surface area contributed by atoms with Gasteiger partial charge in [0.05, 0.1) is 0 Å². The van der Waals surface area contributed by atoms with Crippen LogP contribution in [-0.4, -0.2) is 17.6 Å². The van der Waals surface area contributed by atoms with Crippen molar-refractivity contribution in [2.45, 2.75) is 58.8 Å². The zero-order chi connectivity index (χ0) is 13.6. The zero-order valence-electron chi connectivity index (χ0n) is 11.5. The first-order valence-electron chi connectivity index (χ1n) is 6.84. The molecule has 0 unspecified atom stereocenters. The van der Waals surface area contributed by atoms with E-state index < -0.39 is 0 Å². The van der Waals surface area contributed by atoms with Gasteiger partial charge in [0.25, 0.3) is 0 Å². The third-order valence-corrected chi connectivity index (χ3v) is 3.36. The third kappa shape index (κ3) is 11.7. The summed E-state index contributed by atoms with van der Waals surface area (Å²) in [5.74, 6) is -0.111. The van der Waals surface area contributed by atoms with Crippen molar-refractivity contribution in [1.82, 2.24) is 5.32 Å². The Labute approximate surface area is 115 Å². The summed E-state index contributed by atoms with van der Waals surface area (Å²) in [5, 5.41) is 4.45. The summed E-state index contributed by atoms with van der Waals surface area (Å²) in [6.07, 6.45) is 9.23. The van der Waals surface area contributed by atoms with Gasteiger partial charge in [-0.3, -0.25) is 9.59 Å². The van der Waals surface area contributed by atoms with Crippen LogP contribution in [0, 0.1) is 0 Å². The number of hydrogen-bond acceptors (Lipinski definition) is 3. The molecular weight excluding hydrogens is 246 g/mol. The van der Waals surface area contributed by atoms with Crippen molar-refractivity contribution in [3.05, 3.63) is 11.5 Å². The molecule has 0 saturated heterocycles. The van der Waals surface area contributed by atoms with Crippen LogP contribution in [0.25, 0.3) is 0 Å². The quantitative estimate of drug-likeness (QED) is 0.487. The number of rotatable bonds is 10. The van der Waals surface area contributed by atoms with Crippen molar-refractivity contribution < 1.29 is 9.59 Å². The molecule has 1 amide bonds. The molecule has 1 N–H and O–H groups in total. The Morgan fingerprint density at radius 1 is 1.06 bits per heavy atom. The molecule has 4 heteroatoms. The van der Waals surface area contributed by atoms with Crippen LogP contribution in [0.15, 0.2) is 11.5 Å². The van der Waals surface area contributed by atoms with Gasteiger partial charge in [-0.15, -0.1) is 0 Å². The summed E-state index contributed by atoms with van der Waals surface area (Å²) in [5.41, 5.74) is 0. The molecule has 0 aromatic heterocycles. The number of carbonyl (C=O) groups excluding carboxylic acids is 2. The SMILES string of the molecule is CCCCCCCCNC(=O)/C=C\SC(=O)CC. The van der Waals surface area contributed by atoms with E-state index in [0.717, 1.165) is 24.7 Å². The van der Waals surface area contributed by atoms with E-state index in [2.05, 4.69) is 12.2 Å². The molecule has 0 aliphatic heterocycles. The van der Waals surface area contributed by atoms with Crippen LogP contribution in [0.4, 0.5) is 0 Å². The highest BCUT2D eigenvalue weighted by Gasteiger charge is 1.97. The van der Waals surface area contributed by atoms with E-state index in [1.807, 2.05) is 6.92 Å². The summed E-state index contributed by atoms with van der Waals surface area (Å²) in [6, 6.07) is 0. The molecule has 0 fully saturated rings. The van der Waals surface area contributed by atoms with Gasteiger partial charge >= 0.3 is 0 Å². The Morgan fingerprint density at radius 3 is 2.39 bits per heavy atom. The van der Waals surface area contributed by atoms with Gasteiger partial charge in [-0.25, -0.2) is 0 Å². The van der Waals surface area contributed by atoms with Crippen LogP contribution in [0.2, 0.25) is 0 Å². The molecule has 0 aromatic carbocycles. The lowest BCUT2D eigenvalue weighted by molar-refractivity contribution is -0.116. The monoisotopic (exact) mass is 271 g/mol.